The second kappa shape index (κ2) is 10.4. The Balaban J connectivity index is 1.31. The van der Waals surface area contributed by atoms with Crippen molar-refractivity contribution >= 4 is 0 Å². The number of likely N-dealkylation sites (tertiary alicyclic amines) is 1. The summed E-state index contributed by atoms with van der Waals surface area (Å²) in [6, 6.07) is 33.6. The Morgan fingerprint density at radius 3 is 1.90 bits per heavy atom. The highest BCUT2D eigenvalue weighted by Gasteiger charge is 2.22. The number of nitrogens with one attached hydrogen (secondary N) is 1. The molecule has 0 aromatic heterocycles. The van der Waals surface area contributed by atoms with Crippen LogP contribution in [0.15, 0.2) is 91.0 Å². The van der Waals surface area contributed by atoms with Crippen molar-refractivity contribution in [2.75, 3.05) is 19.6 Å². The molecule has 2 nitrogen and oxygen atoms in total. The molecule has 0 aliphatic carbocycles. The van der Waals surface area contributed by atoms with E-state index in [4.69, 9.17) is 0 Å². The van der Waals surface area contributed by atoms with Gasteiger partial charge < -0.3 is 10.2 Å². The first-order valence-corrected chi connectivity index (χ1v) is 11.0. The average Bonchev–Trinajstić information content (AvgIpc) is 2.80. The molecule has 0 amide bonds. The first-order valence-electron chi connectivity index (χ1n) is 11.0. The topological polar surface area (TPSA) is 15.3 Å². The molecule has 2 heteroatoms. The first-order chi connectivity index (χ1) is 14.4. The quantitative estimate of drug-likeness (QED) is 0.569. The van der Waals surface area contributed by atoms with Crippen molar-refractivity contribution in [2.45, 2.75) is 37.8 Å². The zero-order chi connectivity index (χ0) is 19.7. The molecule has 150 valence electrons. The van der Waals surface area contributed by atoms with E-state index in [0.29, 0.717) is 12.1 Å². The van der Waals surface area contributed by atoms with Crippen molar-refractivity contribution in [1.82, 2.24) is 10.2 Å². The maximum absolute atomic E-state index is 3.99. The molecule has 1 aliphatic heterocycles. The summed E-state index contributed by atoms with van der Waals surface area (Å²) in [5, 5.41) is 3.99. The highest BCUT2D eigenvalue weighted by atomic mass is 15.1. The van der Waals surface area contributed by atoms with Crippen LogP contribution >= 0.6 is 0 Å². The summed E-state index contributed by atoms with van der Waals surface area (Å²) in [5.41, 5.74) is 4.23. The molecule has 1 unspecified atom stereocenters. The predicted molar refractivity (Wildman–Crippen MR) is 122 cm³/mol. The van der Waals surface area contributed by atoms with Crippen molar-refractivity contribution in [3.05, 3.63) is 108 Å². The number of nitrogens with zero attached hydrogens (tertiary/aromatic N) is 1. The minimum atomic E-state index is 0.375. The molecule has 3 aromatic carbocycles. The van der Waals surface area contributed by atoms with Crippen molar-refractivity contribution in [3.8, 4) is 0 Å². The van der Waals surface area contributed by atoms with E-state index in [9.17, 15) is 0 Å². The smallest absolute Gasteiger partial charge is 0.0363 e. The summed E-state index contributed by atoms with van der Waals surface area (Å²) in [5.74, 6) is 0. The van der Waals surface area contributed by atoms with Crippen molar-refractivity contribution in [2.24, 2.45) is 0 Å². The summed E-state index contributed by atoms with van der Waals surface area (Å²) in [6.45, 7) is 3.55. The standard InChI is InChI=1S/C27H32N2/c1-4-10-23(11-5-1)16-19-29-20-17-26(18-21-29)28-27(25-14-8-3-9-15-25)22-24-12-6-2-7-13-24/h1-15,26-28H,16-22H2. The van der Waals surface area contributed by atoms with Gasteiger partial charge in [0.1, 0.15) is 0 Å². The molecule has 4 rings (SSSR count). The van der Waals surface area contributed by atoms with Crippen LogP contribution in [0.4, 0.5) is 0 Å². The second-order valence-electron chi connectivity index (χ2n) is 8.17. The Morgan fingerprint density at radius 2 is 1.28 bits per heavy atom. The lowest BCUT2D eigenvalue weighted by molar-refractivity contribution is 0.192. The molecule has 1 N–H and O–H groups in total. The highest BCUT2D eigenvalue weighted by Crippen LogP contribution is 2.22. The number of rotatable bonds is 8. The fraction of sp³-hybridized carbons (Fsp3) is 0.333. The Hall–Kier alpha value is -2.42. The number of hydrogen-bond donors (Lipinski definition) is 1. The Bertz CT molecular complexity index is 824. The maximum Gasteiger partial charge on any atom is 0.0363 e. The highest BCUT2D eigenvalue weighted by molar-refractivity contribution is 5.24. The van der Waals surface area contributed by atoms with Crippen LogP contribution in [0.2, 0.25) is 0 Å². The predicted octanol–water partition coefficient (Wildman–Crippen LogP) is 5.27. The molecule has 29 heavy (non-hydrogen) atoms. The van der Waals surface area contributed by atoms with E-state index in [2.05, 4.69) is 101 Å². The van der Waals surface area contributed by atoms with E-state index in [1.165, 1.54) is 49.2 Å². The van der Waals surface area contributed by atoms with E-state index in [0.717, 1.165) is 12.8 Å². The van der Waals surface area contributed by atoms with Gasteiger partial charge in [0, 0.05) is 18.6 Å². The molecule has 0 saturated carbocycles. The van der Waals surface area contributed by atoms with E-state index in [1.807, 2.05) is 0 Å². The van der Waals surface area contributed by atoms with Gasteiger partial charge in [0.15, 0.2) is 0 Å². The van der Waals surface area contributed by atoms with E-state index in [1.54, 1.807) is 0 Å². The number of piperidine rings is 1. The van der Waals surface area contributed by atoms with Gasteiger partial charge in [-0.15, -0.1) is 0 Å². The summed E-state index contributed by atoms with van der Waals surface area (Å²) in [4.78, 5) is 2.62. The largest absolute Gasteiger partial charge is 0.307 e. The minimum absolute atomic E-state index is 0.375. The third kappa shape index (κ3) is 6.03. The summed E-state index contributed by atoms with van der Waals surface area (Å²) >= 11 is 0. The molecule has 1 fully saturated rings. The van der Waals surface area contributed by atoms with Gasteiger partial charge in [-0.05, 0) is 55.5 Å². The molecule has 1 atom stereocenters. The van der Waals surface area contributed by atoms with E-state index >= 15 is 0 Å². The second-order valence-corrected chi connectivity index (χ2v) is 8.17. The molecule has 1 aliphatic rings. The fourth-order valence-corrected chi connectivity index (χ4v) is 4.35. The van der Waals surface area contributed by atoms with Gasteiger partial charge in [-0.3, -0.25) is 0 Å². The summed E-state index contributed by atoms with van der Waals surface area (Å²) in [6.07, 6.45) is 4.65. The molecule has 0 spiro atoms. The Morgan fingerprint density at radius 1 is 0.724 bits per heavy atom. The van der Waals surface area contributed by atoms with E-state index in [-0.39, 0.29) is 0 Å². The monoisotopic (exact) mass is 384 g/mol. The lowest BCUT2D eigenvalue weighted by atomic mass is 9.96. The van der Waals surface area contributed by atoms with Gasteiger partial charge in [0.25, 0.3) is 0 Å². The summed E-state index contributed by atoms with van der Waals surface area (Å²) in [7, 11) is 0. The van der Waals surface area contributed by atoms with Crippen molar-refractivity contribution in [1.29, 1.82) is 0 Å². The fourth-order valence-electron chi connectivity index (χ4n) is 4.35. The van der Waals surface area contributed by atoms with Crippen LogP contribution in [-0.2, 0) is 12.8 Å². The summed E-state index contributed by atoms with van der Waals surface area (Å²) < 4.78 is 0. The number of benzene rings is 3. The minimum Gasteiger partial charge on any atom is -0.307 e. The third-order valence-corrected chi connectivity index (χ3v) is 6.07. The first kappa shape index (κ1) is 19.9. The van der Waals surface area contributed by atoms with Gasteiger partial charge in [-0.1, -0.05) is 91.0 Å². The third-order valence-electron chi connectivity index (χ3n) is 6.07. The van der Waals surface area contributed by atoms with Crippen LogP contribution in [0.1, 0.15) is 35.6 Å². The molecule has 0 bridgehead atoms. The van der Waals surface area contributed by atoms with Crippen LogP contribution in [0.25, 0.3) is 0 Å². The molecule has 0 radical (unpaired) electrons. The average molecular weight is 385 g/mol. The Labute approximate surface area is 175 Å². The normalized spacial score (nSPS) is 16.6. The van der Waals surface area contributed by atoms with Gasteiger partial charge in [-0.2, -0.15) is 0 Å². The van der Waals surface area contributed by atoms with Crippen LogP contribution in [0.5, 0.6) is 0 Å². The Kier molecular flexibility index (Phi) is 7.12. The SMILES string of the molecule is c1ccc(CCN2CCC(NC(Cc3ccccc3)c3ccccc3)CC2)cc1. The molecule has 3 aromatic rings. The van der Waals surface area contributed by atoms with Gasteiger partial charge >= 0.3 is 0 Å². The number of hydrogen-bond acceptors (Lipinski definition) is 2. The molecular weight excluding hydrogens is 352 g/mol. The zero-order valence-electron chi connectivity index (χ0n) is 17.2. The lowest BCUT2D eigenvalue weighted by Crippen LogP contribution is -2.44. The molecular formula is C27H32N2. The van der Waals surface area contributed by atoms with Gasteiger partial charge in [0.2, 0.25) is 0 Å². The van der Waals surface area contributed by atoms with Gasteiger partial charge in [-0.25, -0.2) is 0 Å². The van der Waals surface area contributed by atoms with Crippen molar-refractivity contribution in [3.63, 3.8) is 0 Å². The van der Waals surface area contributed by atoms with Crippen LogP contribution in [0.3, 0.4) is 0 Å². The zero-order valence-corrected chi connectivity index (χ0v) is 17.2. The maximum atomic E-state index is 3.99. The van der Waals surface area contributed by atoms with Gasteiger partial charge in [0.05, 0.1) is 0 Å². The van der Waals surface area contributed by atoms with Crippen LogP contribution in [-0.4, -0.2) is 30.6 Å². The van der Waals surface area contributed by atoms with Crippen molar-refractivity contribution < 1.29 is 0 Å². The lowest BCUT2D eigenvalue weighted by Gasteiger charge is -2.35. The molecule has 1 saturated heterocycles. The van der Waals surface area contributed by atoms with Crippen LogP contribution < -0.4 is 5.32 Å². The molecule has 1 heterocycles. The van der Waals surface area contributed by atoms with Crippen LogP contribution in [0, 0.1) is 0 Å². The van der Waals surface area contributed by atoms with E-state index < -0.39 is 0 Å².